The van der Waals surface area contributed by atoms with Crippen LogP contribution in [0.3, 0.4) is 0 Å². The van der Waals surface area contributed by atoms with Crippen molar-refractivity contribution < 1.29 is 4.74 Å². The zero-order chi connectivity index (χ0) is 19.8. The Morgan fingerprint density at radius 3 is 2.72 bits per heavy atom. The van der Waals surface area contributed by atoms with Gasteiger partial charge in [-0.3, -0.25) is 0 Å². The van der Waals surface area contributed by atoms with Crippen molar-refractivity contribution in [2.24, 2.45) is 0 Å². The van der Waals surface area contributed by atoms with Crippen molar-refractivity contribution in [1.82, 2.24) is 19.5 Å². The summed E-state index contributed by atoms with van der Waals surface area (Å²) in [6.07, 6.45) is 9.47. The molecule has 2 aliphatic rings. The van der Waals surface area contributed by atoms with Crippen molar-refractivity contribution in [3.8, 4) is 11.3 Å². The van der Waals surface area contributed by atoms with E-state index in [1.165, 1.54) is 11.1 Å². The zero-order valence-electron chi connectivity index (χ0n) is 17.1. The third kappa shape index (κ3) is 3.12. The van der Waals surface area contributed by atoms with E-state index in [9.17, 15) is 0 Å². The zero-order valence-corrected chi connectivity index (χ0v) is 17.1. The quantitative estimate of drug-likeness (QED) is 0.653. The molecule has 0 amide bonds. The molecule has 3 aromatic rings. The van der Waals surface area contributed by atoms with Gasteiger partial charge < -0.3 is 14.2 Å². The minimum Gasteiger partial charge on any atom is -0.378 e. The maximum absolute atomic E-state index is 5.54. The Morgan fingerprint density at radius 1 is 1.10 bits per heavy atom. The standard InChI is InChI=1S/C23H27N5O/c1-3-17(4-2)28-15-24-21-20(19-10-6-8-16-7-5-9-18(16)19)25-23(26-22(21)28)27-11-13-29-14-12-27/h5-6,8-10,15,17H,3-4,7,11-14H2,1-2H3. The molecule has 6 nitrogen and oxygen atoms in total. The van der Waals surface area contributed by atoms with Crippen LogP contribution < -0.4 is 4.90 Å². The van der Waals surface area contributed by atoms with Gasteiger partial charge in [0.25, 0.3) is 0 Å². The fourth-order valence-corrected chi connectivity index (χ4v) is 4.44. The Kier molecular flexibility index (Phi) is 4.79. The van der Waals surface area contributed by atoms with E-state index in [2.05, 4.69) is 53.7 Å². The number of nitrogens with zero attached hydrogens (tertiary/aromatic N) is 5. The molecule has 29 heavy (non-hydrogen) atoms. The maximum atomic E-state index is 5.54. The van der Waals surface area contributed by atoms with Gasteiger partial charge in [0, 0.05) is 24.7 Å². The molecule has 1 aliphatic carbocycles. The van der Waals surface area contributed by atoms with Crippen LogP contribution in [-0.4, -0.2) is 45.8 Å². The van der Waals surface area contributed by atoms with Crippen molar-refractivity contribution >= 4 is 23.2 Å². The van der Waals surface area contributed by atoms with Crippen LogP contribution in [-0.2, 0) is 11.2 Å². The summed E-state index contributed by atoms with van der Waals surface area (Å²) in [5.41, 5.74) is 6.52. The number of hydrogen-bond donors (Lipinski definition) is 0. The first kappa shape index (κ1) is 18.3. The second-order valence-electron chi connectivity index (χ2n) is 7.75. The fraction of sp³-hybridized carbons (Fsp3) is 0.435. The number of fused-ring (bicyclic) bond motifs is 2. The molecule has 2 aromatic heterocycles. The van der Waals surface area contributed by atoms with Gasteiger partial charge in [-0.15, -0.1) is 0 Å². The lowest BCUT2D eigenvalue weighted by Gasteiger charge is -2.27. The largest absolute Gasteiger partial charge is 0.378 e. The van der Waals surface area contributed by atoms with Crippen molar-refractivity contribution in [3.63, 3.8) is 0 Å². The van der Waals surface area contributed by atoms with Crippen LogP contribution in [0.15, 0.2) is 30.6 Å². The highest BCUT2D eigenvalue weighted by Crippen LogP contribution is 2.35. The third-order valence-corrected chi connectivity index (χ3v) is 6.11. The lowest BCUT2D eigenvalue weighted by Crippen LogP contribution is -2.37. The number of benzene rings is 1. The van der Waals surface area contributed by atoms with Gasteiger partial charge in [-0.2, -0.15) is 4.98 Å². The maximum Gasteiger partial charge on any atom is 0.228 e. The van der Waals surface area contributed by atoms with Crippen molar-refractivity contribution in [2.75, 3.05) is 31.2 Å². The monoisotopic (exact) mass is 389 g/mol. The molecule has 1 fully saturated rings. The van der Waals surface area contributed by atoms with E-state index in [0.717, 1.165) is 60.7 Å². The molecule has 6 heteroatoms. The Hall–Kier alpha value is -2.73. The average molecular weight is 390 g/mol. The topological polar surface area (TPSA) is 56.1 Å². The summed E-state index contributed by atoms with van der Waals surface area (Å²) in [7, 11) is 0. The summed E-state index contributed by atoms with van der Waals surface area (Å²) in [4.78, 5) is 17.1. The molecular weight excluding hydrogens is 362 g/mol. The van der Waals surface area contributed by atoms with Gasteiger partial charge in [0.1, 0.15) is 11.2 Å². The summed E-state index contributed by atoms with van der Waals surface area (Å²) < 4.78 is 7.78. The van der Waals surface area contributed by atoms with Gasteiger partial charge in [0.05, 0.1) is 19.5 Å². The Morgan fingerprint density at radius 2 is 1.93 bits per heavy atom. The third-order valence-electron chi connectivity index (χ3n) is 6.11. The van der Waals surface area contributed by atoms with E-state index in [-0.39, 0.29) is 0 Å². The summed E-state index contributed by atoms with van der Waals surface area (Å²) in [5, 5.41) is 0. The summed E-state index contributed by atoms with van der Waals surface area (Å²) in [6, 6.07) is 6.88. The molecule has 0 spiro atoms. The van der Waals surface area contributed by atoms with Gasteiger partial charge in [-0.05, 0) is 30.4 Å². The van der Waals surface area contributed by atoms with E-state index in [1.807, 2.05) is 6.33 Å². The normalized spacial score (nSPS) is 16.2. The van der Waals surface area contributed by atoms with Crippen LogP contribution in [0.4, 0.5) is 5.95 Å². The molecule has 1 aromatic carbocycles. The predicted molar refractivity (Wildman–Crippen MR) is 116 cm³/mol. The highest BCUT2D eigenvalue weighted by Gasteiger charge is 2.23. The predicted octanol–water partition coefficient (Wildman–Crippen LogP) is 4.26. The minimum atomic E-state index is 0.390. The van der Waals surface area contributed by atoms with Crippen LogP contribution in [0.1, 0.15) is 43.9 Å². The van der Waals surface area contributed by atoms with Gasteiger partial charge in [0.2, 0.25) is 5.95 Å². The number of ether oxygens (including phenoxy) is 1. The van der Waals surface area contributed by atoms with E-state index in [1.54, 1.807) is 0 Å². The first-order valence-electron chi connectivity index (χ1n) is 10.7. The number of hydrogen-bond acceptors (Lipinski definition) is 5. The van der Waals surface area contributed by atoms with Crippen LogP contribution in [0, 0.1) is 0 Å². The minimum absolute atomic E-state index is 0.390. The van der Waals surface area contributed by atoms with Gasteiger partial charge in [-0.25, -0.2) is 9.97 Å². The second-order valence-corrected chi connectivity index (χ2v) is 7.75. The van der Waals surface area contributed by atoms with Gasteiger partial charge in [0.15, 0.2) is 5.65 Å². The number of allylic oxidation sites excluding steroid dienone is 1. The molecule has 0 radical (unpaired) electrons. The van der Waals surface area contributed by atoms with Gasteiger partial charge >= 0.3 is 0 Å². The summed E-state index contributed by atoms with van der Waals surface area (Å²) >= 11 is 0. The lowest BCUT2D eigenvalue weighted by molar-refractivity contribution is 0.122. The fourth-order valence-electron chi connectivity index (χ4n) is 4.44. The SMILES string of the molecule is CCC(CC)n1cnc2c(-c3cccc4c3C=CC4)nc(N3CCOCC3)nc21. The Balaban J connectivity index is 1.74. The van der Waals surface area contributed by atoms with Crippen molar-refractivity contribution in [2.45, 2.75) is 39.2 Å². The highest BCUT2D eigenvalue weighted by molar-refractivity contribution is 5.92. The van der Waals surface area contributed by atoms with E-state index < -0.39 is 0 Å². The smallest absolute Gasteiger partial charge is 0.228 e. The molecule has 0 atom stereocenters. The molecular formula is C23H27N5O. The van der Waals surface area contributed by atoms with E-state index in [4.69, 9.17) is 19.7 Å². The van der Waals surface area contributed by atoms with Crippen LogP contribution >= 0.6 is 0 Å². The van der Waals surface area contributed by atoms with Crippen LogP contribution in [0.25, 0.3) is 28.5 Å². The molecule has 1 saturated heterocycles. The van der Waals surface area contributed by atoms with Crippen LogP contribution in [0.2, 0.25) is 0 Å². The number of imidazole rings is 1. The number of anilines is 1. The summed E-state index contributed by atoms with van der Waals surface area (Å²) in [5.74, 6) is 0.781. The molecule has 5 rings (SSSR count). The first-order valence-corrected chi connectivity index (χ1v) is 10.7. The number of aromatic nitrogens is 4. The van der Waals surface area contributed by atoms with Crippen LogP contribution in [0.5, 0.6) is 0 Å². The molecule has 0 N–H and O–H groups in total. The van der Waals surface area contributed by atoms with E-state index in [0.29, 0.717) is 19.3 Å². The second kappa shape index (κ2) is 7.59. The lowest BCUT2D eigenvalue weighted by atomic mass is 10.0. The van der Waals surface area contributed by atoms with Crippen molar-refractivity contribution in [1.29, 1.82) is 0 Å². The van der Waals surface area contributed by atoms with Gasteiger partial charge in [-0.1, -0.05) is 44.2 Å². The Bertz CT molecular complexity index is 1060. The highest BCUT2D eigenvalue weighted by atomic mass is 16.5. The van der Waals surface area contributed by atoms with E-state index >= 15 is 0 Å². The molecule has 0 unspecified atom stereocenters. The first-order chi connectivity index (χ1) is 14.3. The number of morpholine rings is 1. The summed E-state index contributed by atoms with van der Waals surface area (Å²) in [6.45, 7) is 7.51. The molecule has 0 bridgehead atoms. The molecule has 0 saturated carbocycles. The average Bonchev–Trinajstić information content (AvgIpc) is 3.42. The Labute approximate surface area is 171 Å². The number of rotatable bonds is 5. The molecule has 150 valence electrons. The molecule has 1 aliphatic heterocycles. The van der Waals surface area contributed by atoms with Crippen molar-refractivity contribution in [3.05, 3.63) is 41.7 Å². The molecule has 3 heterocycles.